The van der Waals surface area contributed by atoms with Crippen LogP contribution in [0.3, 0.4) is 0 Å². The second kappa shape index (κ2) is 6.90. The molecule has 1 aromatic carbocycles. The number of carboxylic acids is 1. The maximum Gasteiger partial charge on any atom is 0.328 e. The van der Waals surface area contributed by atoms with Crippen molar-refractivity contribution in [3.05, 3.63) is 35.3 Å². The number of hydrogen-bond acceptors (Lipinski definition) is 5. The van der Waals surface area contributed by atoms with Gasteiger partial charge in [0.15, 0.2) is 11.5 Å². The van der Waals surface area contributed by atoms with Crippen LogP contribution in [-0.2, 0) is 4.79 Å². The van der Waals surface area contributed by atoms with Gasteiger partial charge in [-0.05, 0) is 31.2 Å². The first kappa shape index (κ1) is 15.1. The first-order valence-corrected chi connectivity index (χ1v) is 7.19. The Morgan fingerprint density at radius 3 is 2.90 bits per heavy atom. The Kier molecular flexibility index (Phi) is 4.94. The standard InChI is InChI=1S/C15H15NO4S/c1-3-20-12-6-4-10(8-13(12)19-2)15-16-11(9-21-15)5-7-14(17)18/h4-9H,3H2,1-2H3,(H,17,18)/b7-5+. The van der Waals surface area contributed by atoms with E-state index in [4.69, 9.17) is 14.6 Å². The van der Waals surface area contributed by atoms with Gasteiger partial charge in [-0.1, -0.05) is 0 Å². The number of rotatable bonds is 6. The summed E-state index contributed by atoms with van der Waals surface area (Å²) >= 11 is 1.44. The van der Waals surface area contributed by atoms with Gasteiger partial charge in [0, 0.05) is 17.0 Å². The van der Waals surface area contributed by atoms with E-state index in [9.17, 15) is 4.79 Å². The Balaban J connectivity index is 2.28. The molecule has 0 fully saturated rings. The highest BCUT2D eigenvalue weighted by molar-refractivity contribution is 7.13. The molecule has 6 heteroatoms. The van der Waals surface area contributed by atoms with E-state index in [0.29, 0.717) is 23.8 Å². The molecule has 0 saturated carbocycles. The SMILES string of the molecule is CCOc1ccc(-c2nc(/C=C/C(=O)O)cs2)cc1OC. The zero-order valence-corrected chi connectivity index (χ0v) is 12.5. The fourth-order valence-corrected chi connectivity index (χ4v) is 2.51. The molecular formula is C15H15NO4S. The number of aliphatic carboxylic acids is 1. The smallest absolute Gasteiger partial charge is 0.328 e. The van der Waals surface area contributed by atoms with Crippen LogP contribution in [0.2, 0.25) is 0 Å². The van der Waals surface area contributed by atoms with Crippen LogP contribution in [0.4, 0.5) is 0 Å². The molecule has 2 aromatic rings. The number of benzene rings is 1. The molecule has 0 radical (unpaired) electrons. The third kappa shape index (κ3) is 3.82. The largest absolute Gasteiger partial charge is 0.493 e. The van der Waals surface area contributed by atoms with E-state index >= 15 is 0 Å². The number of methoxy groups -OCH3 is 1. The summed E-state index contributed by atoms with van der Waals surface area (Å²) in [5.74, 6) is 0.339. The maximum atomic E-state index is 10.5. The monoisotopic (exact) mass is 305 g/mol. The predicted octanol–water partition coefficient (Wildman–Crippen LogP) is 3.32. The summed E-state index contributed by atoms with van der Waals surface area (Å²) in [6.45, 7) is 2.48. The van der Waals surface area contributed by atoms with E-state index in [1.165, 1.54) is 17.4 Å². The van der Waals surface area contributed by atoms with Crippen LogP contribution in [-0.4, -0.2) is 29.8 Å². The van der Waals surface area contributed by atoms with Crippen molar-refractivity contribution in [1.82, 2.24) is 4.98 Å². The molecule has 0 atom stereocenters. The molecule has 1 heterocycles. The van der Waals surface area contributed by atoms with Crippen molar-refractivity contribution >= 4 is 23.4 Å². The minimum absolute atomic E-state index is 0.567. The van der Waals surface area contributed by atoms with Gasteiger partial charge in [0.2, 0.25) is 0 Å². The van der Waals surface area contributed by atoms with E-state index in [0.717, 1.165) is 16.6 Å². The lowest BCUT2D eigenvalue weighted by molar-refractivity contribution is -0.131. The number of carbonyl (C=O) groups is 1. The van der Waals surface area contributed by atoms with Crippen LogP contribution in [0.1, 0.15) is 12.6 Å². The van der Waals surface area contributed by atoms with Crippen LogP contribution < -0.4 is 9.47 Å². The molecule has 1 N–H and O–H groups in total. The fraction of sp³-hybridized carbons (Fsp3) is 0.200. The van der Waals surface area contributed by atoms with Gasteiger partial charge in [-0.15, -0.1) is 11.3 Å². The molecule has 0 amide bonds. The fourth-order valence-electron chi connectivity index (χ4n) is 1.73. The molecule has 21 heavy (non-hydrogen) atoms. The molecule has 0 unspecified atom stereocenters. The molecule has 0 spiro atoms. The zero-order chi connectivity index (χ0) is 15.2. The van der Waals surface area contributed by atoms with Gasteiger partial charge in [0.25, 0.3) is 0 Å². The quantitative estimate of drug-likeness (QED) is 0.829. The maximum absolute atomic E-state index is 10.5. The van der Waals surface area contributed by atoms with Crippen molar-refractivity contribution in [3.63, 3.8) is 0 Å². The van der Waals surface area contributed by atoms with Crippen LogP contribution in [0.5, 0.6) is 11.5 Å². The van der Waals surface area contributed by atoms with E-state index in [-0.39, 0.29) is 0 Å². The second-order valence-electron chi connectivity index (χ2n) is 4.05. The third-order valence-corrected chi connectivity index (χ3v) is 3.54. The van der Waals surface area contributed by atoms with Gasteiger partial charge in [0.05, 0.1) is 19.4 Å². The van der Waals surface area contributed by atoms with E-state index in [1.807, 2.05) is 25.1 Å². The number of hydrogen-bond donors (Lipinski definition) is 1. The molecule has 0 bridgehead atoms. The van der Waals surface area contributed by atoms with Gasteiger partial charge >= 0.3 is 5.97 Å². The minimum Gasteiger partial charge on any atom is -0.493 e. The molecule has 0 aliphatic rings. The Morgan fingerprint density at radius 2 is 2.24 bits per heavy atom. The van der Waals surface area contributed by atoms with Gasteiger partial charge in [-0.3, -0.25) is 0 Å². The summed E-state index contributed by atoms with van der Waals surface area (Å²) in [6, 6.07) is 5.59. The van der Waals surface area contributed by atoms with Crippen LogP contribution in [0, 0.1) is 0 Å². The highest BCUT2D eigenvalue weighted by atomic mass is 32.1. The lowest BCUT2D eigenvalue weighted by atomic mass is 10.2. The van der Waals surface area contributed by atoms with Gasteiger partial charge in [-0.2, -0.15) is 0 Å². The number of nitrogens with zero attached hydrogens (tertiary/aromatic N) is 1. The van der Waals surface area contributed by atoms with Gasteiger partial charge < -0.3 is 14.6 Å². The first-order chi connectivity index (χ1) is 10.1. The summed E-state index contributed by atoms with van der Waals surface area (Å²) in [4.78, 5) is 14.9. The molecule has 5 nitrogen and oxygen atoms in total. The summed E-state index contributed by atoms with van der Waals surface area (Å²) in [6.07, 6.45) is 2.53. The molecule has 1 aromatic heterocycles. The topological polar surface area (TPSA) is 68.7 Å². The molecule has 0 aliphatic heterocycles. The van der Waals surface area contributed by atoms with Crippen LogP contribution in [0.15, 0.2) is 29.7 Å². The third-order valence-electron chi connectivity index (χ3n) is 2.63. The Morgan fingerprint density at radius 1 is 1.43 bits per heavy atom. The zero-order valence-electron chi connectivity index (χ0n) is 11.7. The highest BCUT2D eigenvalue weighted by Crippen LogP contribution is 2.33. The van der Waals surface area contributed by atoms with Crippen molar-refractivity contribution in [1.29, 1.82) is 0 Å². The van der Waals surface area contributed by atoms with E-state index in [2.05, 4.69) is 4.98 Å². The first-order valence-electron chi connectivity index (χ1n) is 6.31. The average Bonchev–Trinajstić information content (AvgIpc) is 2.94. The number of carboxylic acid groups (broad SMARTS) is 1. The summed E-state index contributed by atoms with van der Waals surface area (Å²) in [7, 11) is 1.59. The van der Waals surface area contributed by atoms with E-state index < -0.39 is 5.97 Å². The number of aromatic nitrogens is 1. The molecular weight excluding hydrogens is 290 g/mol. The van der Waals surface area contributed by atoms with Crippen molar-refractivity contribution in [2.24, 2.45) is 0 Å². The lowest BCUT2D eigenvalue weighted by Gasteiger charge is -2.09. The minimum atomic E-state index is -0.993. The molecule has 2 rings (SSSR count). The normalized spacial score (nSPS) is 10.8. The lowest BCUT2D eigenvalue weighted by Crippen LogP contribution is -1.95. The average molecular weight is 305 g/mol. The highest BCUT2D eigenvalue weighted by Gasteiger charge is 2.09. The van der Waals surface area contributed by atoms with Crippen molar-refractivity contribution < 1.29 is 19.4 Å². The number of thiazole rings is 1. The molecule has 0 saturated heterocycles. The van der Waals surface area contributed by atoms with Crippen LogP contribution in [0.25, 0.3) is 16.6 Å². The van der Waals surface area contributed by atoms with E-state index in [1.54, 1.807) is 12.5 Å². The van der Waals surface area contributed by atoms with Gasteiger partial charge in [-0.25, -0.2) is 9.78 Å². The van der Waals surface area contributed by atoms with Crippen molar-refractivity contribution in [2.45, 2.75) is 6.92 Å². The predicted molar refractivity (Wildman–Crippen MR) is 81.9 cm³/mol. The molecule has 0 aliphatic carbocycles. The van der Waals surface area contributed by atoms with Crippen molar-refractivity contribution in [2.75, 3.05) is 13.7 Å². The summed E-state index contributed by atoms with van der Waals surface area (Å²) in [5.41, 5.74) is 1.51. The Bertz CT molecular complexity index is 663. The Labute approximate surface area is 126 Å². The number of ether oxygens (including phenoxy) is 2. The van der Waals surface area contributed by atoms with Crippen molar-refractivity contribution in [3.8, 4) is 22.1 Å². The summed E-state index contributed by atoms with van der Waals surface area (Å²) in [5, 5.41) is 11.2. The second-order valence-corrected chi connectivity index (χ2v) is 4.91. The van der Waals surface area contributed by atoms with Gasteiger partial charge in [0.1, 0.15) is 5.01 Å². The molecule has 110 valence electrons. The van der Waals surface area contributed by atoms with Crippen LogP contribution >= 0.6 is 11.3 Å². The Hall–Kier alpha value is -2.34. The summed E-state index contributed by atoms with van der Waals surface area (Å²) < 4.78 is 10.8.